The zero-order chi connectivity index (χ0) is 31.8. The predicted octanol–water partition coefficient (Wildman–Crippen LogP) is 6.93. The van der Waals surface area contributed by atoms with Crippen LogP contribution in [0.15, 0.2) is 114 Å². The van der Waals surface area contributed by atoms with E-state index in [-0.39, 0.29) is 17.2 Å². The Balaban J connectivity index is 1.60. The average molecular weight is 603 g/mol. The van der Waals surface area contributed by atoms with Crippen LogP contribution in [0.2, 0.25) is 0 Å². The first kappa shape index (κ1) is 30.9. The van der Waals surface area contributed by atoms with Crippen LogP contribution in [0.1, 0.15) is 43.3 Å². The number of hydrogen-bond donors (Lipinski definition) is 0. The third-order valence-corrected chi connectivity index (χ3v) is 7.56. The van der Waals surface area contributed by atoms with Gasteiger partial charge in [-0.3, -0.25) is 24.3 Å². The zero-order valence-electron chi connectivity index (χ0n) is 25.2. The van der Waals surface area contributed by atoms with Gasteiger partial charge in [0.05, 0.1) is 34.2 Å². The third kappa shape index (κ3) is 7.15. The molecule has 0 aliphatic carbocycles. The van der Waals surface area contributed by atoms with Crippen molar-refractivity contribution in [2.45, 2.75) is 32.7 Å². The maximum Gasteiger partial charge on any atom is 0.269 e. The summed E-state index contributed by atoms with van der Waals surface area (Å²) in [6.45, 7) is 4.77. The number of rotatable bonds is 12. The van der Waals surface area contributed by atoms with Gasteiger partial charge in [0, 0.05) is 24.8 Å². The fourth-order valence-corrected chi connectivity index (χ4v) is 5.31. The molecule has 0 bridgehead atoms. The van der Waals surface area contributed by atoms with E-state index in [9.17, 15) is 19.7 Å². The highest BCUT2D eigenvalue weighted by atomic mass is 16.6. The van der Waals surface area contributed by atoms with E-state index in [1.54, 1.807) is 39.8 Å². The molecule has 5 aromatic rings. The number of nitro groups is 1. The quantitative estimate of drug-likeness (QED) is 0.0871. The standard InChI is InChI=1S/C36H34N4O5/c1-3-33(35-37-32-13-9-8-12-31(32)36(42)39(35)28-19-21-30(22-20-28)45-4-2)38(25-24-26-10-6-5-7-11-26)34(41)23-16-27-14-17-29(18-15-27)40(43)44/h5-23,33H,3-4,24-25H2,1-2H3/b23-16+. The minimum Gasteiger partial charge on any atom is -0.494 e. The van der Waals surface area contributed by atoms with E-state index < -0.39 is 11.0 Å². The molecule has 1 unspecified atom stereocenters. The second kappa shape index (κ2) is 14.3. The summed E-state index contributed by atoms with van der Waals surface area (Å²) in [7, 11) is 0. The average Bonchev–Trinajstić information content (AvgIpc) is 3.07. The lowest BCUT2D eigenvalue weighted by molar-refractivity contribution is -0.384. The molecular formula is C36H34N4O5. The summed E-state index contributed by atoms with van der Waals surface area (Å²) in [5.74, 6) is 0.875. The van der Waals surface area contributed by atoms with Crippen molar-refractivity contribution in [2.75, 3.05) is 13.2 Å². The number of ether oxygens (including phenoxy) is 1. The van der Waals surface area contributed by atoms with Gasteiger partial charge in [0.25, 0.3) is 11.2 Å². The maximum atomic E-state index is 14.1. The SMILES string of the molecule is CCOc1ccc(-n2c(C(CC)N(CCc3ccccc3)C(=O)/C=C/c3ccc([N+](=O)[O-])cc3)nc3ccccc3c2=O)cc1. The van der Waals surface area contributed by atoms with Crippen LogP contribution >= 0.6 is 0 Å². The lowest BCUT2D eigenvalue weighted by Gasteiger charge is -2.32. The van der Waals surface area contributed by atoms with Gasteiger partial charge in [-0.25, -0.2) is 4.98 Å². The molecule has 1 aromatic heterocycles. The van der Waals surface area contributed by atoms with Crippen molar-refractivity contribution < 1.29 is 14.5 Å². The molecule has 1 heterocycles. The second-order valence-corrected chi connectivity index (χ2v) is 10.4. The molecule has 5 rings (SSSR count). The number of amides is 1. The highest BCUT2D eigenvalue weighted by Gasteiger charge is 2.28. The molecule has 1 atom stereocenters. The molecule has 0 fully saturated rings. The molecule has 9 heteroatoms. The largest absolute Gasteiger partial charge is 0.494 e. The van der Waals surface area contributed by atoms with E-state index in [0.29, 0.717) is 59.7 Å². The van der Waals surface area contributed by atoms with E-state index in [0.717, 1.165) is 5.56 Å². The Hall–Kier alpha value is -5.57. The summed E-state index contributed by atoms with van der Waals surface area (Å²) in [6, 6.07) is 29.8. The van der Waals surface area contributed by atoms with Crippen LogP contribution < -0.4 is 10.3 Å². The van der Waals surface area contributed by atoms with E-state index >= 15 is 0 Å². The van der Waals surface area contributed by atoms with Gasteiger partial charge in [-0.2, -0.15) is 0 Å². The zero-order valence-corrected chi connectivity index (χ0v) is 25.2. The van der Waals surface area contributed by atoms with E-state index in [2.05, 4.69) is 0 Å². The summed E-state index contributed by atoms with van der Waals surface area (Å²) in [5, 5.41) is 11.5. The molecular weight excluding hydrogens is 568 g/mol. The maximum absolute atomic E-state index is 14.1. The summed E-state index contributed by atoms with van der Waals surface area (Å²) in [5.41, 5.74) is 2.64. The summed E-state index contributed by atoms with van der Waals surface area (Å²) in [6.07, 6.45) is 4.19. The van der Waals surface area contributed by atoms with Crippen LogP contribution in [0.4, 0.5) is 5.69 Å². The molecule has 0 radical (unpaired) electrons. The molecule has 0 aliphatic rings. The number of hydrogen-bond acceptors (Lipinski definition) is 6. The van der Waals surface area contributed by atoms with Crippen LogP contribution in [-0.2, 0) is 11.2 Å². The molecule has 4 aromatic carbocycles. The number of para-hydroxylation sites is 1. The predicted molar refractivity (Wildman–Crippen MR) is 176 cm³/mol. The van der Waals surface area contributed by atoms with Gasteiger partial charge in [-0.05, 0) is 85.5 Å². The number of nitrogens with zero attached hydrogens (tertiary/aromatic N) is 4. The Morgan fingerprint density at radius 3 is 2.31 bits per heavy atom. The number of non-ortho nitro benzene ring substituents is 1. The van der Waals surface area contributed by atoms with Gasteiger partial charge in [-0.1, -0.05) is 49.4 Å². The highest BCUT2D eigenvalue weighted by Crippen LogP contribution is 2.28. The van der Waals surface area contributed by atoms with Gasteiger partial charge in [0.2, 0.25) is 5.91 Å². The number of carbonyl (C=O) groups excluding carboxylic acids is 1. The van der Waals surface area contributed by atoms with E-state index in [4.69, 9.17) is 9.72 Å². The van der Waals surface area contributed by atoms with Crippen LogP contribution in [-0.4, -0.2) is 38.4 Å². The molecule has 0 spiro atoms. The molecule has 45 heavy (non-hydrogen) atoms. The van der Waals surface area contributed by atoms with Gasteiger partial charge in [0.15, 0.2) is 0 Å². The molecule has 228 valence electrons. The Labute approximate surface area is 261 Å². The van der Waals surface area contributed by atoms with Crippen LogP contribution in [0.5, 0.6) is 5.75 Å². The Bertz CT molecular complexity index is 1870. The molecule has 1 amide bonds. The Kier molecular flexibility index (Phi) is 9.79. The van der Waals surface area contributed by atoms with Crippen molar-refractivity contribution in [3.8, 4) is 11.4 Å². The second-order valence-electron chi connectivity index (χ2n) is 10.4. The number of benzene rings is 4. The van der Waals surface area contributed by atoms with Gasteiger partial charge in [-0.15, -0.1) is 0 Å². The van der Waals surface area contributed by atoms with Crippen molar-refractivity contribution in [3.63, 3.8) is 0 Å². The van der Waals surface area contributed by atoms with Crippen molar-refractivity contribution in [1.29, 1.82) is 0 Å². The monoisotopic (exact) mass is 602 g/mol. The summed E-state index contributed by atoms with van der Waals surface area (Å²) < 4.78 is 7.22. The van der Waals surface area contributed by atoms with E-state index in [1.807, 2.05) is 80.6 Å². The number of nitro benzene ring substituents is 1. The molecule has 0 saturated carbocycles. The van der Waals surface area contributed by atoms with Crippen LogP contribution in [0.3, 0.4) is 0 Å². The van der Waals surface area contributed by atoms with Crippen LogP contribution in [0.25, 0.3) is 22.7 Å². The molecule has 0 N–H and O–H groups in total. The minimum atomic E-state index is -0.549. The van der Waals surface area contributed by atoms with Crippen molar-refractivity contribution in [2.24, 2.45) is 0 Å². The van der Waals surface area contributed by atoms with Crippen LogP contribution in [0, 0.1) is 10.1 Å². The van der Waals surface area contributed by atoms with Crippen molar-refractivity contribution in [1.82, 2.24) is 14.5 Å². The fourth-order valence-electron chi connectivity index (χ4n) is 5.31. The summed E-state index contributed by atoms with van der Waals surface area (Å²) in [4.78, 5) is 45.4. The summed E-state index contributed by atoms with van der Waals surface area (Å²) >= 11 is 0. The van der Waals surface area contributed by atoms with Gasteiger partial charge >= 0.3 is 0 Å². The van der Waals surface area contributed by atoms with Crippen molar-refractivity contribution >= 4 is 28.6 Å². The highest BCUT2D eigenvalue weighted by molar-refractivity contribution is 5.92. The molecule has 0 saturated heterocycles. The number of aromatic nitrogens is 2. The fraction of sp³-hybridized carbons (Fsp3) is 0.194. The first-order valence-corrected chi connectivity index (χ1v) is 14.9. The van der Waals surface area contributed by atoms with Crippen molar-refractivity contribution in [3.05, 3.63) is 147 Å². The smallest absolute Gasteiger partial charge is 0.269 e. The Morgan fingerprint density at radius 1 is 0.956 bits per heavy atom. The number of carbonyl (C=O) groups is 1. The van der Waals surface area contributed by atoms with E-state index in [1.165, 1.54) is 18.2 Å². The lowest BCUT2D eigenvalue weighted by Crippen LogP contribution is -2.39. The Morgan fingerprint density at radius 2 is 1.64 bits per heavy atom. The minimum absolute atomic E-state index is 0.0244. The third-order valence-electron chi connectivity index (χ3n) is 7.56. The lowest BCUT2D eigenvalue weighted by atomic mass is 10.1. The number of fused-ring (bicyclic) bond motifs is 1. The first-order chi connectivity index (χ1) is 21.9. The molecule has 9 nitrogen and oxygen atoms in total. The topological polar surface area (TPSA) is 108 Å². The van der Waals surface area contributed by atoms with Gasteiger partial charge < -0.3 is 9.64 Å². The first-order valence-electron chi connectivity index (χ1n) is 14.9. The van der Waals surface area contributed by atoms with Gasteiger partial charge in [0.1, 0.15) is 11.6 Å². The normalized spacial score (nSPS) is 11.9. The molecule has 0 aliphatic heterocycles.